The molecule has 0 saturated heterocycles. The van der Waals surface area contributed by atoms with Gasteiger partial charge in [0.25, 0.3) is 11.6 Å². The molecule has 8 nitrogen and oxygen atoms in total. The molecule has 1 amide bonds. The van der Waals surface area contributed by atoms with Crippen molar-refractivity contribution in [1.29, 1.82) is 0 Å². The van der Waals surface area contributed by atoms with Gasteiger partial charge in [-0.1, -0.05) is 0 Å². The minimum absolute atomic E-state index is 0.230. The molecule has 0 aromatic heterocycles. The van der Waals surface area contributed by atoms with E-state index in [0.29, 0.717) is 12.8 Å². The molecule has 2 N–H and O–H groups in total. The highest BCUT2D eigenvalue weighted by molar-refractivity contribution is 5.99. The van der Waals surface area contributed by atoms with Gasteiger partial charge in [-0.3, -0.25) is 19.7 Å². The molecule has 0 radical (unpaired) electrons. The zero-order valence-corrected chi connectivity index (χ0v) is 12.6. The van der Waals surface area contributed by atoms with E-state index in [9.17, 15) is 32.9 Å². The minimum Gasteiger partial charge on any atom is -0.484 e. The van der Waals surface area contributed by atoms with Gasteiger partial charge in [0.15, 0.2) is 6.61 Å². The maximum absolute atomic E-state index is 12.2. The number of alkyl halides is 3. The summed E-state index contributed by atoms with van der Waals surface area (Å²) in [7, 11) is 0. The van der Waals surface area contributed by atoms with Crippen LogP contribution in [-0.4, -0.2) is 41.2 Å². The molecule has 0 heterocycles. The number of hydrogen-bond acceptors (Lipinski definition) is 5. The lowest BCUT2D eigenvalue weighted by Crippen LogP contribution is -2.34. The Labute approximate surface area is 138 Å². The number of halogens is 3. The Balaban J connectivity index is 2.16. The van der Waals surface area contributed by atoms with Crippen LogP contribution in [0.15, 0.2) is 18.2 Å². The van der Waals surface area contributed by atoms with E-state index < -0.39 is 46.2 Å². The minimum atomic E-state index is -4.61. The number of aliphatic carboxylic acids is 1. The number of amides is 1. The molecule has 1 aromatic carbocycles. The molecule has 0 unspecified atom stereocenters. The van der Waals surface area contributed by atoms with Crippen LogP contribution in [0, 0.1) is 15.5 Å². The fourth-order valence-electron chi connectivity index (χ4n) is 2.07. The third kappa shape index (κ3) is 4.58. The number of hydrogen-bond donors (Lipinski definition) is 2. The summed E-state index contributed by atoms with van der Waals surface area (Å²) in [6.45, 7) is -1.85. The monoisotopic (exact) mass is 362 g/mol. The highest BCUT2D eigenvalue weighted by Gasteiger charge is 2.50. The summed E-state index contributed by atoms with van der Waals surface area (Å²) in [5.41, 5.74) is -2.22. The molecule has 1 aromatic rings. The second-order valence-electron chi connectivity index (χ2n) is 5.61. The molecule has 1 fully saturated rings. The summed E-state index contributed by atoms with van der Waals surface area (Å²) in [5, 5.41) is 22.3. The summed E-state index contributed by atoms with van der Waals surface area (Å²) >= 11 is 0. The number of nitro benzene ring substituents is 1. The van der Waals surface area contributed by atoms with E-state index >= 15 is 0 Å². The normalized spacial score (nSPS) is 15.3. The second-order valence-corrected chi connectivity index (χ2v) is 5.61. The first-order valence-corrected chi connectivity index (χ1v) is 7.04. The van der Waals surface area contributed by atoms with Crippen molar-refractivity contribution < 1.29 is 37.5 Å². The van der Waals surface area contributed by atoms with Crippen molar-refractivity contribution in [3.63, 3.8) is 0 Å². The topological polar surface area (TPSA) is 119 Å². The molecule has 0 bridgehead atoms. The number of carbonyl (C=O) groups excluding carboxylic acids is 1. The third-order valence-corrected chi connectivity index (χ3v) is 3.71. The van der Waals surface area contributed by atoms with E-state index in [2.05, 4.69) is 10.1 Å². The molecule has 136 valence electrons. The quantitative estimate of drug-likeness (QED) is 0.567. The average molecular weight is 362 g/mol. The van der Waals surface area contributed by atoms with Crippen molar-refractivity contribution in [3.05, 3.63) is 33.9 Å². The van der Waals surface area contributed by atoms with Crippen LogP contribution in [0.5, 0.6) is 5.75 Å². The molecule has 25 heavy (non-hydrogen) atoms. The average Bonchev–Trinajstić information content (AvgIpc) is 3.31. The Bertz CT molecular complexity index is 715. The summed E-state index contributed by atoms with van der Waals surface area (Å²) in [6, 6.07) is 2.62. The first kappa shape index (κ1) is 18.5. The van der Waals surface area contributed by atoms with Crippen LogP contribution in [0.25, 0.3) is 0 Å². The van der Waals surface area contributed by atoms with Crippen LogP contribution in [0.3, 0.4) is 0 Å². The van der Waals surface area contributed by atoms with E-state index in [0.717, 1.165) is 18.2 Å². The Morgan fingerprint density at radius 1 is 1.36 bits per heavy atom. The van der Waals surface area contributed by atoms with Gasteiger partial charge in [-0.15, -0.1) is 0 Å². The molecule has 1 aliphatic carbocycles. The summed E-state index contributed by atoms with van der Waals surface area (Å²) in [6.07, 6.45) is -3.89. The number of carbonyl (C=O) groups is 2. The Morgan fingerprint density at radius 3 is 2.48 bits per heavy atom. The number of carboxylic acids is 1. The number of ether oxygens (including phenoxy) is 1. The number of rotatable bonds is 7. The lowest BCUT2D eigenvalue weighted by atomic mass is 10.1. The van der Waals surface area contributed by atoms with Crippen LogP contribution >= 0.6 is 0 Å². The Morgan fingerprint density at radius 2 is 2.00 bits per heavy atom. The number of nitro groups is 1. The van der Waals surface area contributed by atoms with Crippen molar-refractivity contribution in [1.82, 2.24) is 5.32 Å². The van der Waals surface area contributed by atoms with Crippen LogP contribution in [0.4, 0.5) is 18.9 Å². The number of carboxylic acid groups (broad SMARTS) is 1. The molecule has 0 spiro atoms. The number of nitrogens with one attached hydrogen (secondary N) is 1. The maximum atomic E-state index is 12.2. The molecule has 1 aliphatic rings. The zero-order valence-electron chi connectivity index (χ0n) is 12.6. The SMILES string of the molecule is O=C(NCC1(C(=O)O)CC1)c1cc(OCC(F)(F)F)ccc1[N+](=O)[O-]. The van der Waals surface area contributed by atoms with Crippen molar-refractivity contribution in [2.45, 2.75) is 19.0 Å². The molecular weight excluding hydrogens is 349 g/mol. The van der Waals surface area contributed by atoms with Crippen molar-refractivity contribution in [3.8, 4) is 5.75 Å². The van der Waals surface area contributed by atoms with Gasteiger partial charge in [0.2, 0.25) is 0 Å². The third-order valence-electron chi connectivity index (χ3n) is 3.71. The smallest absolute Gasteiger partial charge is 0.422 e. The fourth-order valence-corrected chi connectivity index (χ4v) is 2.07. The van der Waals surface area contributed by atoms with E-state index in [4.69, 9.17) is 5.11 Å². The van der Waals surface area contributed by atoms with Gasteiger partial charge < -0.3 is 15.2 Å². The lowest BCUT2D eigenvalue weighted by molar-refractivity contribution is -0.385. The fraction of sp³-hybridized carbons (Fsp3) is 0.429. The van der Waals surface area contributed by atoms with Crippen molar-refractivity contribution in [2.75, 3.05) is 13.2 Å². The predicted octanol–water partition coefficient (Wildman–Crippen LogP) is 2.13. The van der Waals surface area contributed by atoms with E-state index in [1.54, 1.807) is 0 Å². The summed E-state index contributed by atoms with van der Waals surface area (Å²) in [4.78, 5) is 33.3. The van der Waals surface area contributed by atoms with Crippen LogP contribution in [-0.2, 0) is 4.79 Å². The van der Waals surface area contributed by atoms with Gasteiger partial charge in [-0.05, 0) is 25.0 Å². The highest BCUT2D eigenvalue weighted by Crippen LogP contribution is 2.45. The molecule has 11 heteroatoms. The van der Waals surface area contributed by atoms with Gasteiger partial charge >= 0.3 is 12.1 Å². The van der Waals surface area contributed by atoms with Crippen LogP contribution in [0.1, 0.15) is 23.2 Å². The van der Waals surface area contributed by atoms with Gasteiger partial charge in [0.05, 0.1) is 10.3 Å². The first-order valence-electron chi connectivity index (χ1n) is 7.04. The predicted molar refractivity (Wildman–Crippen MR) is 76.3 cm³/mol. The van der Waals surface area contributed by atoms with Crippen molar-refractivity contribution in [2.24, 2.45) is 5.41 Å². The first-order chi connectivity index (χ1) is 11.5. The molecule has 0 atom stereocenters. The molecule has 0 aliphatic heterocycles. The van der Waals surface area contributed by atoms with Gasteiger partial charge in [-0.25, -0.2) is 0 Å². The maximum Gasteiger partial charge on any atom is 0.422 e. The van der Waals surface area contributed by atoms with Crippen LogP contribution < -0.4 is 10.1 Å². The zero-order chi connectivity index (χ0) is 18.8. The molecule has 1 saturated carbocycles. The lowest BCUT2D eigenvalue weighted by Gasteiger charge is -2.13. The standard InChI is InChI=1S/C14H13F3N2O6/c15-14(16,17)7-25-8-1-2-10(19(23)24)9(5-8)11(20)18-6-13(3-4-13)12(21)22/h1-2,5H,3-4,6-7H2,(H,18,20)(H,21,22). The summed E-state index contributed by atoms with van der Waals surface area (Å²) in [5.74, 6) is -2.42. The van der Waals surface area contributed by atoms with E-state index in [1.807, 2.05) is 0 Å². The van der Waals surface area contributed by atoms with Crippen LogP contribution in [0.2, 0.25) is 0 Å². The largest absolute Gasteiger partial charge is 0.484 e. The number of nitrogens with zero attached hydrogens (tertiary/aromatic N) is 1. The second kappa shape index (κ2) is 6.57. The number of benzene rings is 1. The Hall–Kier alpha value is -2.85. The Kier molecular flexibility index (Phi) is 4.86. The van der Waals surface area contributed by atoms with Gasteiger partial charge in [-0.2, -0.15) is 13.2 Å². The van der Waals surface area contributed by atoms with Gasteiger partial charge in [0.1, 0.15) is 11.3 Å². The molecule has 2 rings (SSSR count). The van der Waals surface area contributed by atoms with Gasteiger partial charge in [0, 0.05) is 12.6 Å². The van der Waals surface area contributed by atoms with Crippen molar-refractivity contribution >= 4 is 17.6 Å². The highest BCUT2D eigenvalue weighted by atomic mass is 19.4. The summed E-state index contributed by atoms with van der Waals surface area (Å²) < 4.78 is 41.0. The van der Waals surface area contributed by atoms with E-state index in [1.165, 1.54) is 0 Å². The molecular formula is C14H13F3N2O6. The van der Waals surface area contributed by atoms with E-state index in [-0.39, 0.29) is 12.3 Å².